The van der Waals surface area contributed by atoms with Crippen molar-refractivity contribution >= 4 is 12.2 Å². The minimum absolute atomic E-state index is 0.207. The highest BCUT2D eigenvalue weighted by Crippen LogP contribution is 2.26. The van der Waals surface area contributed by atoms with E-state index in [1.807, 2.05) is 37.3 Å². The summed E-state index contributed by atoms with van der Waals surface area (Å²) in [6, 6.07) is 9.48. The summed E-state index contributed by atoms with van der Waals surface area (Å²) < 4.78 is 10.6. The van der Waals surface area contributed by atoms with E-state index in [2.05, 4.69) is 11.9 Å². The summed E-state index contributed by atoms with van der Waals surface area (Å²) in [4.78, 5) is 25.9. The van der Waals surface area contributed by atoms with Crippen molar-refractivity contribution in [1.29, 1.82) is 0 Å². The number of amides is 2. The standard InChI is InChI=1S/C19H26N2O4/c1-14-11-21(17(23)24-12-15-9-7-6-8-10-15)13-19(14,5)20-16(22)25-18(2,3)4/h6-10H,1,11-13H2,2-5H3,(H,20,22)/t19-/m1/s1. The molecule has 1 aromatic carbocycles. The number of nitrogens with zero attached hydrogens (tertiary/aromatic N) is 1. The van der Waals surface area contributed by atoms with Crippen LogP contribution in [0.15, 0.2) is 42.5 Å². The second kappa shape index (κ2) is 7.17. The predicted molar refractivity (Wildman–Crippen MR) is 95.1 cm³/mol. The fraction of sp³-hybridized carbons (Fsp3) is 0.474. The molecule has 1 fully saturated rings. The van der Waals surface area contributed by atoms with Crippen molar-refractivity contribution in [1.82, 2.24) is 10.2 Å². The predicted octanol–water partition coefficient (Wildman–Crippen LogP) is 3.48. The number of rotatable bonds is 3. The van der Waals surface area contributed by atoms with Gasteiger partial charge in [-0.2, -0.15) is 0 Å². The number of hydrogen-bond acceptors (Lipinski definition) is 4. The van der Waals surface area contributed by atoms with Crippen LogP contribution >= 0.6 is 0 Å². The van der Waals surface area contributed by atoms with Crippen molar-refractivity contribution in [3.8, 4) is 0 Å². The number of hydrogen-bond donors (Lipinski definition) is 1. The average molecular weight is 346 g/mol. The second-order valence-electron chi connectivity index (χ2n) is 7.46. The van der Waals surface area contributed by atoms with Gasteiger partial charge in [-0.3, -0.25) is 0 Å². The second-order valence-corrected chi connectivity index (χ2v) is 7.46. The molecule has 0 saturated carbocycles. The van der Waals surface area contributed by atoms with Crippen molar-refractivity contribution < 1.29 is 19.1 Å². The van der Waals surface area contributed by atoms with Crippen LogP contribution in [0.3, 0.4) is 0 Å². The van der Waals surface area contributed by atoms with E-state index in [1.165, 1.54) is 4.90 Å². The van der Waals surface area contributed by atoms with E-state index < -0.39 is 23.3 Å². The van der Waals surface area contributed by atoms with Gasteiger partial charge in [-0.15, -0.1) is 0 Å². The molecule has 0 radical (unpaired) electrons. The van der Waals surface area contributed by atoms with Gasteiger partial charge < -0.3 is 19.7 Å². The van der Waals surface area contributed by atoms with Crippen molar-refractivity contribution in [3.05, 3.63) is 48.0 Å². The van der Waals surface area contributed by atoms with Crippen LogP contribution in [-0.4, -0.2) is 41.3 Å². The van der Waals surface area contributed by atoms with Crippen LogP contribution in [0.5, 0.6) is 0 Å². The molecule has 1 heterocycles. The fourth-order valence-electron chi connectivity index (χ4n) is 2.55. The van der Waals surface area contributed by atoms with Crippen LogP contribution in [0.25, 0.3) is 0 Å². The molecule has 0 unspecified atom stereocenters. The van der Waals surface area contributed by atoms with Gasteiger partial charge in [0.15, 0.2) is 0 Å². The quantitative estimate of drug-likeness (QED) is 0.851. The first-order chi connectivity index (χ1) is 11.6. The molecule has 2 rings (SSSR count). The van der Waals surface area contributed by atoms with Gasteiger partial charge in [-0.25, -0.2) is 9.59 Å². The third kappa shape index (κ3) is 5.24. The van der Waals surface area contributed by atoms with E-state index in [4.69, 9.17) is 9.47 Å². The van der Waals surface area contributed by atoms with E-state index in [0.29, 0.717) is 13.1 Å². The van der Waals surface area contributed by atoms with Crippen LogP contribution in [0.4, 0.5) is 9.59 Å². The molecule has 136 valence electrons. The molecule has 1 saturated heterocycles. The lowest BCUT2D eigenvalue weighted by atomic mass is 9.97. The first kappa shape index (κ1) is 18.8. The highest BCUT2D eigenvalue weighted by Gasteiger charge is 2.42. The number of ether oxygens (including phenoxy) is 2. The lowest BCUT2D eigenvalue weighted by Gasteiger charge is -2.29. The summed E-state index contributed by atoms with van der Waals surface area (Å²) in [6.07, 6.45) is -0.963. The SMILES string of the molecule is C=C1CN(C(=O)OCc2ccccc2)C[C@@]1(C)NC(=O)OC(C)(C)C. The lowest BCUT2D eigenvalue weighted by molar-refractivity contribution is 0.0473. The van der Waals surface area contributed by atoms with Gasteiger partial charge in [0.1, 0.15) is 12.2 Å². The summed E-state index contributed by atoms with van der Waals surface area (Å²) in [7, 11) is 0. The Morgan fingerprint density at radius 3 is 2.52 bits per heavy atom. The van der Waals surface area contributed by atoms with Crippen LogP contribution in [-0.2, 0) is 16.1 Å². The molecule has 0 aliphatic carbocycles. The van der Waals surface area contributed by atoms with Crippen molar-refractivity contribution in [2.24, 2.45) is 0 Å². The summed E-state index contributed by atoms with van der Waals surface area (Å²) in [5, 5.41) is 2.81. The number of carbonyl (C=O) groups excluding carboxylic acids is 2. The van der Waals surface area contributed by atoms with Crippen LogP contribution in [0, 0.1) is 0 Å². The molecule has 1 aromatic rings. The largest absolute Gasteiger partial charge is 0.445 e. The maximum Gasteiger partial charge on any atom is 0.410 e. The Kier molecular flexibility index (Phi) is 5.40. The minimum atomic E-state index is -0.742. The van der Waals surface area contributed by atoms with Crippen LogP contribution < -0.4 is 5.32 Å². The summed E-state index contributed by atoms with van der Waals surface area (Å²) in [5.41, 5.74) is 0.321. The van der Waals surface area contributed by atoms with Crippen LogP contribution in [0.2, 0.25) is 0 Å². The molecule has 1 atom stereocenters. The van der Waals surface area contributed by atoms with Gasteiger partial charge >= 0.3 is 12.2 Å². The van der Waals surface area contributed by atoms with Crippen LogP contribution in [0.1, 0.15) is 33.3 Å². The molecule has 6 nitrogen and oxygen atoms in total. The molecule has 25 heavy (non-hydrogen) atoms. The first-order valence-corrected chi connectivity index (χ1v) is 8.24. The Hall–Kier alpha value is -2.50. The Morgan fingerprint density at radius 1 is 1.28 bits per heavy atom. The lowest BCUT2D eigenvalue weighted by Crippen LogP contribution is -2.50. The summed E-state index contributed by atoms with van der Waals surface area (Å²) >= 11 is 0. The first-order valence-electron chi connectivity index (χ1n) is 8.24. The highest BCUT2D eigenvalue weighted by molar-refractivity contribution is 5.72. The summed E-state index contributed by atoms with van der Waals surface area (Å²) in [5.74, 6) is 0. The molecule has 6 heteroatoms. The zero-order chi connectivity index (χ0) is 18.7. The molecular formula is C19H26N2O4. The summed E-state index contributed by atoms with van der Waals surface area (Å²) in [6.45, 7) is 12.0. The normalized spacial score (nSPS) is 20.3. The average Bonchev–Trinajstić information content (AvgIpc) is 2.79. The zero-order valence-electron chi connectivity index (χ0n) is 15.3. The van der Waals surface area contributed by atoms with Gasteiger partial charge in [-0.1, -0.05) is 36.9 Å². The van der Waals surface area contributed by atoms with E-state index in [1.54, 1.807) is 20.8 Å². The van der Waals surface area contributed by atoms with Crippen molar-refractivity contribution in [2.75, 3.05) is 13.1 Å². The van der Waals surface area contributed by atoms with Gasteiger partial charge in [0.05, 0.1) is 12.1 Å². The number of benzene rings is 1. The number of likely N-dealkylation sites (tertiary alicyclic amines) is 1. The Morgan fingerprint density at radius 2 is 1.92 bits per heavy atom. The highest BCUT2D eigenvalue weighted by atomic mass is 16.6. The van der Waals surface area contributed by atoms with E-state index in [0.717, 1.165) is 11.1 Å². The molecule has 1 N–H and O–H groups in total. The molecule has 2 amide bonds. The molecule has 0 bridgehead atoms. The van der Waals surface area contributed by atoms with Gasteiger partial charge in [0.2, 0.25) is 0 Å². The zero-order valence-corrected chi connectivity index (χ0v) is 15.3. The topological polar surface area (TPSA) is 67.9 Å². The minimum Gasteiger partial charge on any atom is -0.445 e. The Balaban J connectivity index is 1.91. The molecule has 0 aromatic heterocycles. The van der Waals surface area contributed by atoms with E-state index in [-0.39, 0.29) is 6.61 Å². The molecule has 0 spiro atoms. The maximum absolute atomic E-state index is 12.3. The van der Waals surface area contributed by atoms with Gasteiger partial charge in [0.25, 0.3) is 0 Å². The molecular weight excluding hydrogens is 320 g/mol. The third-order valence-electron chi connectivity index (χ3n) is 3.91. The number of nitrogens with one attached hydrogen (secondary N) is 1. The van der Waals surface area contributed by atoms with E-state index >= 15 is 0 Å². The number of carbonyl (C=O) groups is 2. The number of alkyl carbamates (subject to hydrolysis) is 1. The fourth-order valence-corrected chi connectivity index (χ4v) is 2.55. The molecule has 1 aliphatic heterocycles. The third-order valence-corrected chi connectivity index (χ3v) is 3.91. The molecule has 1 aliphatic rings. The Bertz CT molecular complexity index is 651. The smallest absolute Gasteiger partial charge is 0.410 e. The maximum atomic E-state index is 12.3. The van der Waals surface area contributed by atoms with Crippen molar-refractivity contribution in [3.63, 3.8) is 0 Å². The monoisotopic (exact) mass is 346 g/mol. The van der Waals surface area contributed by atoms with E-state index in [9.17, 15) is 9.59 Å². The van der Waals surface area contributed by atoms with Gasteiger partial charge in [-0.05, 0) is 38.8 Å². The van der Waals surface area contributed by atoms with Gasteiger partial charge in [0, 0.05) is 6.54 Å². The van der Waals surface area contributed by atoms with Crippen molar-refractivity contribution in [2.45, 2.75) is 45.4 Å². The Labute approximate surface area is 148 Å².